The van der Waals surface area contributed by atoms with E-state index >= 15 is 0 Å². The zero-order valence-electron chi connectivity index (χ0n) is 8.27. The Balaban J connectivity index is 2.57. The number of carbonyl (C=O) groups is 1. The summed E-state index contributed by atoms with van der Waals surface area (Å²) in [6.45, 7) is 2.24. The summed E-state index contributed by atoms with van der Waals surface area (Å²) < 4.78 is 4.87. The van der Waals surface area contributed by atoms with E-state index in [1.807, 2.05) is 6.92 Å². The normalized spacial score (nSPS) is 26.9. The molecule has 0 heterocycles. The number of aliphatic hydroxyl groups excluding tert-OH is 2. The van der Waals surface area contributed by atoms with Gasteiger partial charge in [-0.15, -0.1) is 0 Å². The summed E-state index contributed by atoms with van der Waals surface area (Å²) in [7, 11) is 0. The molecule has 0 aliphatic heterocycles. The molecule has 0 aromatic rings. The lowest BCUT2D eigenvalue weighted by molar-refractivity contribution is -0.141. The van der Waals surface area contributed by atoms with E-state index in [1.54, 1.807) is 6.08 Å². The van der Waals surface area contributed by atoms with Gasteiger partial charge >= 0.3 is 5.97 Å². The van der Waals surface area contributed by atoms with Crippen LogP contribution < -0.4 is 0 Å². The van der Waals surface area contributed by atoms with Gasteiger partial charge < -0.3 is 14.9 Å². The molecule has 80 valence electrons. The zero-order valence-corrected chi connectivity index (χ0v) is 8.27. The third-order valence-electron chi connectivity index (χ3n) is 2.18. The van der Waals surface area contributed by atoms with Crippen molar-refractivity contribution in [3.63, 3.8) is 0 Å². The van der Waals surface area contributed by atoms with Gasteiger partial charge in [0, 0.05) is 0 Å². The summed E-state index contributed by atoms with van der Waals surface area (Å²) in [5.41, 5.74) is 0.192. The molecule has 0 saturated carbocycles. The highest BCUT2D eigenvalue weighted by Gasteiger charge is 2.29. The van der Waals surface area contributed by atoms with Crippen molar-refractivity contribution in [3.8, 4) is 0 Å². The van der Waals surface area contributed by atoms with E-state index in [9.17, 15) is 15.0 Å². The molecule has 1 aliphatic rings. The lowest BCUT2D eigenvalue weighted by atomic mass is 9.94. The summed E-state index contributed by atoms with van der Waals surface area (Å²) in [4.78, 5) is 11.4. The minimum Gasteiger partial charge on any atom is -0.462 e. The van der Waals surface area contributed by atoms with Crippen molar-refractivity contribution in [1.82, 2.24) is 0 Å². The summed E-state index contributed by atoms with van der Waals surface area (Å²) in [5.74, 6) is -0.516. The lowest BCUT2D eigenvalue weighted by Crippen LogP contribution is -2.34. The third kappa shape index (κ3) is 2.56. The van der Waals surface area contributed by atoms with Crippen LogP contribution in [0.25, 0.3) is 0 Å². The topological polar surface area (TPSA) is 66.8 Å². The SMILES string of the molecule is CCCOC(=O)C1=CCC[C@H](O)[C@@H]1O. The molecule has 1 rings (SSSR count). The number of ether oxygens (including phenoxy) is 1. The van der Waals surface area contributed by atoms with Crippen molar-refractivity contribution in [2.24, 2.45) is 0 Å². The van der Waals surface area contributed by atoms with Gasteiger partial charge in [0.2, 0.25) is 0 Å². The Morgan fingerprint density at radius 3 is 3.00 bits per heavy atom. The van der Waals surface area contributed by atoms with Crippen LogP contribution in [0.4, 0.5) is 0 Å². The molecule has 2 N–H and O–H groups in total. The summed E-state index contributed by atoms with van der Waals surface area (Å²) in [5, 5.41) is 18.8. The molecule has 0 saturated heterocycles. The van der Waals surface area contributed by atoms with Crippen molar-refractivity contribution in [2.45, 2.75) is 38.4 Å². The lowest BCUT2D eigenvalue weighted by Gasteiger charge is -2.23. The number of rotatable bonds is 3. The highest BCUT2D eigenvalue weighted by molar-refractivity contribution is 5.89. The highest BCUT2D eigenvalue weighted by Crippen LogP contribution is 2.20. The molecular formula is C10H16O4. The first-order chi connectivity index (χ1) is 6.66. The molecule has 4 nitrogen and oxygen atoms in total. The largest absolute Gasteiger partial charge is 0.462 e. The Morgan fingerprint density at radius 2 is 2.36 bits per heavy atom. The third-order valence-corrected chi connectivity index (χ3v) is 2.18. The van der Waals surface area contributed by atoms with E-state index in [4.69, 9.17) is 4.74 Å². The standard InChI is InChI=1S/C10H16O4/c1-2-6-14-10(13)7-4-3-5-8(11)9(7)12/h4,8-9,11-12H,2-3,5-6H2,1H3/t8-,9+/m0/s1. The fourth-order valence-electron chi connectivity index (χ4n) is 1.38. The number of carbonyl (C=O) groups excluding carboxylic acids is 1. The van der Waals surface area contributed by atoms with Gasteiger partial charge in [-0.05, 0) is 19.3 Å². The van der Waals surface area contributed by atoms with Crippen molar-refractivity contribution >= 4 is 5.97 Å². The number of allylic oxidation sites excluding steroid dienone is 1. The molecule has 0 spiro atoms. The molecule has 0 fully saturated rings. The van der Waals surface area contributed by atoms with Gasteiger partial charge in [0.05, 0.1) is 18.3 Å². The van der Waals surface area contributed by atoms with Gasteiger partial charge in [-0.3, -0.25) is 0 Å². The second kappa shape index (κ2) is 5.12. The minimum absolute atomic E-state index is 0.192. The van der Waals surface area contributed by atoms with E-state index < -0.39 is 18.2 Å². The second-order valence-corrected chi connectivity index (χ2v) is 3.38. The molecule has 1 aliphatic carbocycles. The number of aliphatic hydroxyl groups is 2. The van der Waals surface area contributed by atoms with E-state index in [2.05, 4.69) is 0 Å². The Morgan fingerprint density at radius 1 is 1.64 bits per heavy atom. The Bertz CT molecular complexity index is 234. The van der Waals surface area contributed by atoms with Crippen molar-refractivity contribution in [1.29, 1.82) is 0 Å². The van der Waals surface area contributed by atoms with Gasteiger partial charge in [0.25, 0.3) is 0 Å². The fourth-order valence-corrected chi connectivity index (χ4v) is 1.38. The van der Waals surface area contributed by atoms with Crippen LogP contribution in [0.5, 0.6) is 0 Å². The second-order valence-electron chi connectivity index (χ2n) is 3.38. The molecule has 4 heteroatoms. The zero-order chi connectivity index (χ0) is 10.6. The Hall–Kier alpha value is -0.870. The summed E-state index contributed by atoms with van der Waals surface area (Å²) >= 11 is 0. The van der Waals surface area contributed by atoms with E-state index in [0.29, 0.717) is 19.4 Å². The van der Waals surface area contributed by atoms with Crippen LogP contribution in [-0.2, 0) is 9.53 Å². The summed E-state index contributed by atoms with van der Waals surface area (Å²) in [6.07, 6.45) is 1.55. The van der Waals surface area contributed by atoms with Gasteiger partial charge in [-0.1, -0.05) is 13.0 Å². The first-order valence-electron chi connectivity index (χ1n) is 4.90. The minimum atomic E-state index is -1.09. The molecule has 0 aromatic heterocycles. The number of hydrogen-bond acceptors (Lipinski definition) is 4. The van der Waals surface area contributed by atoms with E-state index in [0.717, 1.165) is 6.42 Å². The van der Waals surface area contributed by atoms with Crippen LogP contribution in [0.15, 0.2) is 11.6 Å². The molecule has 0 radical (unpaired) electrons. The van der Waals surface area contributed by atoms with Gasteiger partial charge in [0.1, 0.15) is 6.10 Å². The molecule has 0 amide bonds. The Labute approximate surface area is 83.2 Å². The monoisotopic (exact) mass is 200 g/mol. The van der Waals surface area contributed by atoms with Crippen molar-refractivity contribution < 1.29 is 19.7 Å². The van der Waals surface area contributed by atoms with E-state index in [1.165, 1.54) is 0 Å². The van der Waals surface area contributed by atoms with Gasteiger partial charge in [-0.25, -0.2) is 4.79 Å². The number of hydrogen-bond donors (Lipinski definition) is 2. The highest BCUT2D eigenvalue weighted by atomic mass is 16.5. The van der Waals surface area contributed by atoms with Gasteiger partial charge in [-0.2, -0.15) is 0 Å². The fraction of sp³-hybridized carbons (Fsp3) is 0.700. The molecule has 0 bridgehead atoms. The van der Waals surface area contributed by atoms with Crippen LogP contribution >= 0.6 is 0 Å². The maximum atomic E-state index is 11.4. The quantitative estimate of drug-likeness (QED) is 0.646. The van der Waals surface area contributed by atoms with Crippen LogP contribution in [0, 0.1) is 0 Å². The van der Waals surface area contributed by atoms with E-state index in [-0.39, 0.29) is 5.57 Å². The van der Waals surface area contributed by atoms with Gasteiger partial charge in [0.15, 0.2) is 0 Å². The van der Waals surface area contributed by atoms with Crippen LogP contribution in [0.3, 0.4) is 0 Å². The predicted molar refractivity (Wildman–Crippen MR) is 50.6 cm³/mol. The molecular weight excluding hydrogens is 184 g/mol. The maximum absolute atomic E-state index is 11.4. The van der Waals surface area contributed by atoms with Crippen molar-refractivity contribution in [2.75, 3.05) is 6.61 Å². The molecule has 14 heavy (non-hydrogen) atoms. The summed E-state index contributed by atoms with van der Waals surface area (Å²) in [6, 6.07) is 0. The first-order valence-corrected chi connectivity index (χ1v) is 4.90. The maximum Gasteiger partial charge on any atom is 0.336 e. The van der Waals surface area contributed by atoms with Crippen LogP contribution in [-0.4, -0.2) is 35.0 Å². The average molecular weight is 200 g/mol. The average Bonchev–Trinajstić information content (AvgIpc) is 2.18. The van der Waals surface area contributed by atoms with Crippen LogP contribution in [0.1, 0.15) is 26.2 Å². The molecule has 0 unspecified atom stereocenters. The molecule has 2 atom stereocenters. The van der Waals surface area contributed by atoms with Crippen LogP contribution in [0.2, 0.25) is 0 Å². The van der Waals surface area contributed by atoms with Crippen molar-refractivity contribution in [3.05, 3.63) is 11.6 Å². The first kappa shape index (κ1) is 11.2. The number of esters is 1. The molecule has 0 aromatic carbocycles. The predicted octanol–water partition coefficient (Wildman–Crippen LogP) is 0.382. The Kier molecular flexibility index (Phi) is 4.10. The smallest absolute Gasteiger partial charge is 0.336 e.